The minimum absolute atomic E-state index is 0.291. The summed E-state index contributed by atoms with van der Waals surface area (Å²) in [5, 5.41) is 5.14. The summed E-state index contributed by atoms with van der Waals surface area (Å²) in [6, 6.07) is 5.22. The normalized spacial score (nSPS) is 11.7. The van der Waals surface area contributed by atoms with Crippen LogP contribution in [0.2, 0.25) is 0 Å². The summed E-state index contributed by atoms with van der Waals surface area (Å²) in [5.74, 6) is 0.416. The lowest BCUT2D eigenvalue weighted by Crippen LogP contribution is -1.94. The molecular weight excluding hydrogens is 273 g/mol. The van der Waals surface area contributed by atoms with Gasteiger partial charge in [0.25, 0.3) is 0 Å². The molecule has 1 aromatic heterocycles. The highest BCUT2D eigenvalue weighted by molar-refractivity contribution is 8.21. The van der Waals surface area contributed by atoms with Gasteiger partial charge in [-0.25, -0.2) is 9.37 Å². The van der Waals surface area contributed by atoms with Crippen molar-refractivity contribution < 1.29 is 4.39 Å². The van der Waals surface area contributed by atoms with Gasteiger partial charge in [0.15, 0.2) is 0 Å². The van der Waals surface area contributed by atoms with Crippen LogP contribution in [0.3, 0.4) is 0 Å². The highest BCUT2D eigenvalue weighted by atomic mass is 32.2. The maximum Gasteiger partial charge on any atom is 0.133 e. The molecule has 0 bridgehead atoms. The van der Waals surface area contributed by atoms with Crippen LogP contribution in [0, 0.1) is 5.82 Å². The van der Waals surface area contributed by atoms with Gasteiger partial charge in [-0.1, -0.05) is 18.3 Å². The van der Waals surface area contributed by atoms with Crippen molar-refractivity contribution in [2.75, 3.05) is 19.4 Å². The molecule has 0 aliphatic heterocycles. The highest BCUT2D eigenvalue weighted by Crippen LogP contribution is 2.31. The Morgan fingerprint density at radius 3 is 2.80 bits per heavy atom. The summed E-state index contributed by atoms with van der Waals surface area (Å²) < 4.78 is 14.1. The zero-order valence-electron chi connectivity index (χ0n) is 11.7. The Hall–Kier alpha value is -1.88. The predicted molar refractivity (Wildman–Crippen MR) is 86.9 cm³/mol. The molecule has 0 aliphatic rings. The molecule has 0 saturated carbocycles. The monoisotopic (exact) mass is 289 g/mol. The van der Waals surface area contributed by atoms with Crippen LogP contribution in [0.25, 0.3) is 15.7 Å². The van der Waals surface area contributed by atoms with Crippen molar-refractivity contribution in [3.05, 3.63) is 42.4 Å². The first-order chi connectivity index (χ1) is 9.55. The molecule has 0 fully saturated rings. The average Bonchev–Trinajstić information content (AvgIpc) is 2.46. The quantitative estimate of drug-likeness (QED) is 0.680. The number of nitrogens with one attached hydrogen (secondary N) is 1. The fourth-order valence-corrected chi connectivity index (χ4v) is 2.48. The van der Waals surface area contributed by atoms with Crippen molar-refractivity contribution in [1.82, 2.24) is 4.98 Å². The molecule has 2 rings (SSSR count). The van der Waals surface area contributed by atoms with Gasteiger partial charge in [0.2, 0.25) is 0 Å². The van der Waals surface area contributed by atoms with Crippen LogP contribution in [-0.2, 0) is 0 Å². The number of thioether (sulfide) groups is 1. The number of pyridine rings is 1. The Bertz CT molecular complexity index is 695. The van der Waals surface area contributed by atoms with Gasteiger partial charge in [0.1, 0.15) is 11.6 Å². The van der Waals surface area contributed by atoms with Crippen molar-refractivity contribution >= 4 is 38.3 Å². The summed E-state index contributed by atoms with van der Waals surface area (Å²) in [5.41, 5.74) is 0.760. The third-order valence-corrected chi connectivity index (χ3v) is 3.91. The molecule has 0 radical (unpaired) electrons. The van der Waals surface area contributed by atoms with E-state index in [-0.39, 0.29) is 5.82 Å². The number of hydrogen-bond donors (Lipinski definition) is 1. The van der Waals surface area contributed by atoms with Gasteiger partial charge in [0.05, 0.1) is 5.04 Å². The molecule has 0 aliphatic carbocycles. The van der Waals surface area contributed by atoms with Crippen LogP contribution in [-0.4, -0.2) is 24.1 Å². The van der Waals surface area contributed by atoms with Gasteiger partial charge in [-0.3, -0.25) is 4.99 Å². The molecule has 104 valence electrons. The molecular formula is C15H16FN3S. The Morgan fingerprint density at radius 1 is 1.40 bits per heavy atom. The number of benzene rings is 1. The van der Waals surface area contributed by atoms with Crippen molar-refractivity contribution in [2.45, 2.75) is 6.92 Å². The zero-order valence-corrected chi connectivity index (χ0v) is 12.5. The van der Waals surface area contributed by atoms with E-state index in [4.69, 9.17) is 0 Å². The zero-order chi connectivity index (χ0) is 14.7. The van der Waals surface area contributed by atoms with Gasteiger partial charge < -0.3 is 5.32 Å². The van der Waals surface area contributed by atoms with Gasteiger partial charge in [0, 0.05) is 30.6 Å². The van der Waals surface area contributed by atoms with Gasteiger partial charge >= 0.3 is 0 Å². The topological polar surface area (TPSA) is 37.3 Å². The van der Waals surface area contributed by atoms with Crippen LogP contribution in [0.5, 0.6) is 0 Å². The van der Waals surface area contributed by atoms with Crippen LogP contribution in [0.15, 0.2) is 36.0 Å². The second-order valence-electron chi connectivity index (χ2n) is 4.27. The summed E-state index contributed by atoms with van der Waals surface area (Å²) in [6.07, 6.45) is 1.54. The average molecular weight is 289 g/mol. The molecule has 0 spiro atoms. The molecule has 0 unspecified atom stereocenters. The van der Waals surface area contributed by atoms with Gasteiger partial charge in [-0.05, 0) is 36.1 Å². The van der Waals surface area contributed by atoms with Crippen LogP contribution in [0.4, 0.5) is 10.2 Å². The van der Waals surface area contributed by atoms with Crippen LogP contribution in [0.1, 0.15) is 12.5 Å². The third-order valence-electron chi connectivity index (χ3n) is 2.95. The van der Waals surface area contributed by atoms with Crippen molar-refractivity contribution in [3.8, 4) is 0 Å². The minimum atomic E-state index is -0.291. The lowest BCUT2D eigenvalue weighted by molar-refractivity contribution is 0.639. The number of anilines is 1. The van der Waals surface area contributed by atoms with E-state index in [0.717, 1.165) is 20.9 Å². The van der Waals surface area contributed by atoms with E-state index < -0.39 is 0 Å². The number of nitrogens with zero attached hydrogens (tertiary/aromatic N) is 2. The number of aromatic nitrogens is 1. The van der Waals surface area contributed by atoms with E-state index in [1.807, 2.05) is 19.1 Å². The lowest BCUT2D eigenvalue weighted by Gasteiger charge is -2.09. The molecule has 0 atom stereocenters. The minimum Gasteiger partial charge on any atom is -0.373 e. The summed E-state index contributed by atoms with van der Waals surface area (Å²) in [4.78, 5) is 8.97. The van der Waals surface area contributed by atoms with Gasteiger partial charge in [-0.15, -0.1) is 0 Å². The molecule has 1 N–H and O–H groups in total. The summed E-state index contributed by atoms with van der Waals surface area (Å²) in [7, 11) is 3.51. The number of hydrogen-bond acceptors (Lipinski definition) is 4. The van der Waals surface area contributed by atoms with Crippen LogP contribution < -0.4 is 5.32 Å². The van der Waals surface area contributed by atoms with Crippen molar-refractivity contribution in [3.63, 3.8) is 0 Å². The first-order valence-corrected chi connectivity index (χ1v) is 6.94. The Balaban J connectivity index is 2.47. The van der Waals surface area contributed by atoms with E-state index in [9.17, 15) is 4.39 Å². The fourth-order valence-electron chi connectivity index (χ4n) is 1.79. The molecule has 2 aromatic rings. The fraction of sp³-hybridized carbons (Fsp3) is 0.200. The Morgan fingerprint density at radius 2 is 2.15 bits per heavy atom. The molecule has 5 heteroatoms. The standard InChI is InChI=1S/C15H16FN3S/c1-9(20-10(2)17-3)11-5-12-7-15(18-4)19-8-13(12)14(16)6-11/h5-8H,1H2,2-4H3,(H,18,19). The van der Waals surface area contributed by atoms with E-state index in [0.29, 0.717) is 11.2 Å². The summed E-state index contributed by atoms with van der Waals surface area (Å²) in [6.45, 7) is 5.89. The van der Waals surface area contributed by atoms with Crippen molar-refractivity contribution in [1.29, 1.82) is 0 Å². The molecule has 0 saturated heterocycles. The largest absolute Gasteiger partial charge is 0.373 e. The van der Waals surface area contributed by atoms with Crippen LogP contribution >= 0.6 is 11.8 Å². The molecule has 3 nitrogen and oxygen atoms in total. The third kappa shape index (κ3) is 2.99. The molecule has 20 heavy (non-hydrogen) atoms. The number of halogens is 1. The Labute approximate surface area is 122 Å². The maximum absolute atomic E-state index is 14.1. The maximum atomic E-state index is 14.1. The second-order valence-corrected chi connectivity index (χ2v) is 5.55. The molecule has 1 aromatic carbocycles. The highest BCUT2D eigenvalue weighted by Gasteiger charge is 2.09. The number of rotatable bonds is 3. The number of aliphatic imine (C=N–C) groups is 1. The number of fused-ring (bicyclic) bond motifs is 1. The van der Waals surface area contributed by atoms with E-state index in [1.54, 1.807) is 14.1 Å². The molecule has 0 amide bonds. The second kappa shape index (κ2) is 6.05. The van der Waals surface area contributed by atoms with Gasteiger partial charge in [-0.2, -0.15) is 0 Å². The molecule has 1 heterocycles. The van der Waals surface area contributed by atoms with Crippen molar-refractivity contribution in [2.24, 2.45) is 4.99 Å². The Kier molecular flexibility index (Phi) is 4.39. The summed E-state index contributed by atoms with van der Waals surface area (Å²) >= 11 is 1.44. The van der Waals surface area contributed by atoms with E-state index in [2.05, 4.69) is 21.9 Å². The predicted octanol–water partition coefficient (Wildman–Crippen LogP) is 4.17. The smallest absolute Gasteiger partial charge is 0.133 e. The van der Waals surface area contributed by atoms with E-state index >= 15 is 0 Å². The SMILES string of the molecule is C=C(SC(C)=NC)c1cc(F)c2cnc(NC)cc2c1. The first kappa shape index (κ1) is 14.5. The first-order valence-electron chi connectivity index (χ1n) is 6.12. The van der Waals surface area contributed by atoms with E-state index in [1.165, 1.54) is 24.0 Å². The lowest BCUT2D eigenvalue weighted by atomic mass is 10.1.